The first kappa shape index (κ1) is 21.1. The van der Waals surface area contributed by atoms with Crippen LogP contribution in [-0.4, -0.2) is 16.7 Å². The Labute approximate surface area is 174 Å². The minimum atomic E-state index is -4.74. The van der Waals surface area contributed by atoms with Crippen molar-refractivity contribution in [3.8, 4) is 0 Å². The molecule has 0 saturated carbocycles. The van der Waals surface area contributed by atoms with Gasteiger partial charge in [0.25, 0.3) is 10.5 Å². The summed E-state index contributed by atoms with van der Waals surface area (Å²) in [5.41, 5.74) is -2.56. The third-order valence-corrected chi connectivity index (χ3v) is 5.16. The zero-order chi connectivity index (χ0) is 21.2. The highest BCUT2D eigenvalue weighted by Gasteiger charge is 2.58. The molecule has 0 amide bonds. The van der Waals surface area contributed by atoms with Gasteiger partial charge in [0.1, 0.15) is 5.41 Å². The Bertz CT molecular complexity index is 971. The molecule has 0 aliphatic heterocycles. The van der Waals surface area contributed by atoms with Crippen molar-refractivity contribution < 1.29 is 22.8 Å². The normalized spacial score (nSPS) is 11.9. The molecular formula is C22H13Cl2F3O2. The van der Waals surface area contributed by atoms with Crippen LogP contribution in [0.25, 0.3) is 0 Å². The molecule has 0 N–H and O–H groups in total. The van der Waals surface area contributed by atoms with Crippen molar-refractivity contribution in [3.63, 3.8) is 0 Å². The van der Waals surface area contributed by atoms with Crippen LogP contribution >= 0.6 is 23.2 Å². The summed E-state index contributed by atoms with van der Waals surface area (Å²) < 4.78 is 44.3. The number of carbonyl (C=O) groups is 2. The van der Waals surface area contributed by atoms with E-state index in [4.69, 9.17) is 23.2 Å². The minimum absolute atomic E-state index is 0.0117. The van der Waals surface area contributed by atoms with Crippen molar-refractivity contribution >= 4 is 33.7 Å². The van der Waals surface area contributed by atoms with Crippen LogP contribution in [0.3, 0.4) is 0 Å². The zero-order valence-electron chi connectivity index (χ0n) is 14.7. The Morgan fingerprint density at radius 1 is 0.586 bits per heavy atom. The van der Waals surface area contributed by atoms with Gasteiger partial charge in [-0.2, -0.15) is 13.2 Å². The molecule has 0 fully saturated rings. The standard InChI is InChI=1S/C22H13Cl2F3O2/c23-19(28)14-6-10-17(11-7-14)21(22(25,26)27,16-4-2-1-3-5-16)18-12-8-15(9-13-18)20(24)29/h1-13H. The van der Waals surface area contributed by atoms with Gasteiger partial charge in [0, 0.05) is 11.1 Å². The van der Waals surface area contributed by atoms with E-state index >= 15 is 0 Å². The van der Waals surface area contributed by atoms with E-state index in [1.807, 2.05) is 0 Å². The predicted octanol–water partition coefficient (Wildman–Crippen LogP) is 6.34. The average Bonchev–Trinajstić information content (AvgIpc) is 2.69. The van der Waals surface area contributed by atoms with Crippen LogP contribution in [0.15, 0.2) is 78.9 Å². The lowest BCUT2D eigenvalue weighted by Gasteiger charge is -2.37. The number of hydrogen-bond donors (Lipinski definition) is 0. The molecule has 0 heterocycles. The number of rotatable bonds is 5. The van der Waals surface area contributed by atoms with E-state index in [1.165, 1.54) is 72.8 Å². The number of halogens is 5. The Balaban J connectivity index is 2.35. The van der Waals surface area contributed by atoms with Gasteiger partial charge in [-0.15, -0.1) is 0 Å². The number of alkyl halides is 3. The molecule has 0 aliphatic rings. The van der Waals surface area contributed by atoms with Crippen LogP contribution in [0.5, 0.6) is 0 Å². The maximum atomic E-state index is 14.8. The SMILES string of the molecule is O=C(Cl)c1ccc(C(c2ccccc2)(c2ccc(C(=O)Cl)cc2)C(F)(F)F)cc1. The fourth-order valence-electron chi connectivity index (χ4n) is 3.38. The smallest absolute Gasteiger partial charge is 0.276 e. The maximum absolute atomic E-state index is 14.8. The van der Waals surface area contributed by atoms with Crippen LogP contribution in [0.1, 0.15) is 37.4 Å². The summed E-state index contributed by atoms with van der Waals surface area (Å²) in [7, 11) is 0. The van der Waals surface area contributed by atoms with Crippen LogP contribution in [0.2, 0.25) is 0 Å². The van der Waals surface area contributed by atoms with Crippen molar-refractivity contribution in [2.24, 2.45) is 0 Å². The molecule has 0 spiro atoms. The molecule has 148 valence electrons. The molecule has 0 unspecified atom stereocenters. The summed E-state index contributed by atoms with van der Waals surface area (Å²) in [5, 5.41) is -1.53. The molecular weight excluding hydrogens is 424 g/mol. The summed E-state index contributed by atoms with van der Waals surface area (Å²) in [6, 6.07) is 17.4. The minimum Gasteiger partial charge on any atom is -0.276 e. The first-order chi connectivity index (χ1) is 13.7. The lowest BCUT2D eigenvalue weighted by atomic mass is 9.68. The Kier molecular flexibility index (Phi) is 5.82. The summed E-state index contributed by atoms with van der Waals surface area (Å²) in [6.07, 6.45) is -4.74. The van der Waals surface area contributed by atoms with Crippen molar-refractivity contribution in [2.75, 3.05) is 0 Å². The van der Waals surface area contributed by atoms with E-state index in [0.717, 1.165) is 0 Å². The molecule has 0 aromatic heterocycles. The molecule has 3 aromatic rings. The lowest BCUT2D eigenvalue weighted by Crippen LogP contribution is -2.44. The number of benzene rings is 3. The number of carbonyl (C=O) groups excluding carboxylic acids is 2. The summed E-state index contributed by atoms with van der Waals surface area (Å²) >= 11 is 10.9. The fourth-order valence-corrected chi connectivity index (χ4v) is 3.63. The molecule has 0 atom stereocenters. The van der Waals surface area contributed by atoms with Crippen molar-refractivity contribution in [2.45, 2.75) is 11.6 Å². The van der Waals surface area contributed by atoms with Gasteiger partial charge in [0.05, 0.1) is 0 Å². The molecule has 3 aromatic carbocycles. The van der Waals surface area contributed by atoms with E-state index in [9.17, 15) is 22.8 Å². The Hall–Kier alpha value is -2.63. The van der Waals surface area contributed by atoms with Gasteiger partial charge < -0.3 is 0 Å². The molecule has 7 heteroatoms. The quantitative estimate of drug-likeness (QED) is 0.345. The van der Waals surface area contributed by atoms with E-state index < -0.39 is 22.1 Å². The highest BCUT2D eigenvalue weighted by molar-refractivity contribution is 6.68. The lowest BCUT2D eigenvalue weighted by molar-refractivity contribution is -0.166. The third-order valence-electron chi connectivity index (χ3n) is 4.72. The second-order valence-corrected chi connectivity index (χ2v) is 7.00. The summed E-state index contributed by atoms with van der Waals surface area (Å²) in [5.74, 6) is 0. The van der Waals surface area contributed by atoms with E-state index in [2.05, 4.69) is 0 Å². The average molecular weight is 437 g/mol. The van der Waals surface area contributed by atoms with Gasteiger partial charge in [-0.25, -0.2) is 0 Å². The van der Waals surface area contributed by atoms with E-state index in [1.54, 1.807) is 6.07 Å². The van der Waals surface area contributed by atoms with Crippen LogP contribution in [-0.2, 0) is 5.41 Å². The summed E-state index contributed by atoms with van der Waals surface area (Å²) in [4.78, 5) is 22.7. The molecule has 29 heavy (non-hydrogen) atoms. The molecule has 0 radical (unpaired) electrons. The van der Waals surface area contributed by atoms with Crippen LogP contribution in [0, 0.1) is 0 Å². The fraction of sp³-hybridized carbons (Fsp3) is 0.0909. The first-order valence-corrected chi connectivity index (χ1v) is 9.16. The van der Waals surface area contributed by atoms with Crippen LogP contribution < -0.4 is 0 Å². The van der Waals surface area contributed by atoms with E-state index in [0.29, 0.717) is 0 Å². The van der Waals surface area contributed by atoms with Crippen molar-refractivity contribution in [3.05, 3.63) is 107 Å². The number of hydrogen-bond acceptors (Lipinski definition) is 2. The van der Waals surface area contributed by atoms with Gasteiger partial charge in [-0.05, 0) is 64.2 Å². The first-order valence-electron chi connectivity index (χ1n) is 8.41. The molecule has 0 aliphatic carbocycles. The van der Waals surface area contributed by atoms with Crippen molar-refractivity contribution in [1.29, 1.82) is 0 Å². The molecule has 0 saturated heterocycles. The predicted molar refractivity (Wildman–Crippen MR) is 106 cm³/mol. The molecule has 2 nitrogen and oxygen atoms in total. The second-order valence-electron chi connectivity index (χ2n) is 6.32. The zero-order valence-corrected chi connectivity index (χ0v) is 16.2. The Morgan fingerprint density at radius 3 is 1.24 bits per heavy atom. The maximum Gasteiger partial charge on any atom is 0.406 e. The largest absolute Gasteiger partial charge is 0.406 e. The van der Waals surface area contributed by atoms with E-state index in [-0.39, 0.29) is 27.8 Å². The highest BCUT2D eigenvalue weighted by Crippen LogP contribution is 2.51. The third kappa shape index (κ3) is 3.80. The summed E-state index contributed by atoms with van der Waals surface area (Å²) in [6.45, 7) is 0. The molecule has 3 rings (SSSR count). The highest BCUT2D eigenvalue weighted by atomic mass is 35.5. The van der Waals surface area contributed by atoms with Crippen molar-refractivity contribution in [1.82, 2.24) is 0 Å². The van der Waals surface area contributed by atoms with Gasteiger partial charge in [-0.3, -0.25) is 9.59 Å². The monoisotopic (exact) mass is 436 g/mol. The van der Waals surface area contributed by atoms with Gasteiger partial charge in [-0.1, -0.05) is 54.6 Å². The van der Waals surface area contributed by atoms with Gasteiger partial charge in [0.15, 0.2) is 0 Å². The molecule has 0 bridgehead atoms. The second kappa shape index (κ2) is 8.01. The van der Waals surface area contributed by atoms with Crippen LogP contribution in [0.4, 0.5) is 13.2 Å². The topological polar surface area (TPSA) is 34.1 Å². The Morgan fingerprint density at radius 2 is 0.931 bits per heavy atom. The van der Waals surface area contributed by atoms with Gasteiger partial charge >= 0.3 is 6.18 Å². The van der Waals surface area contributed by atoms with Gasteiger partial charge in [0.2, 0.25) is 0 Å².